The van der Waals surface area contributed by atoms with E-state index in [4.69, 9.17) is 0 Å². The van der Waals surface area contributed by atoms with Crippen LogP contribution in [0.25, 0.3) is 5.57 Å². The first kappa shape index (κ1) is 19.9. The van der Waals surface area contributed by atoms with Crippen molar-refractivity contribution in [2.24, 2.45) is 0 Å². The predicted molar refractivity (Wildman–Crippen MR) is 121 cm³/mol. The number of sulfone groups is 1. The van der Waals surface area contributed by atoms with Gasteiger partial charge in [-0.15, -0.1) is 0 Å². The lowest BCUT2D eigenvalue weighted by atomic mass is 9.87. The van der Waals surface area contributed by atoms with E-state index >= 15 is 0 Å². The van der Waals surface area contributed by atoms with Crippen molar-refractivity contribution in [3.8, 4) is 0 Å². The number of allylic oxidation sites excluding steroid dienone is 4. The Morgan fingerprint density at radius 1 is 0.767 bits per heavy atom. The molecule has 0 heterocycles. The maximum Gasteiger partial charge on any atom is 0.210 e. The third-order valence-electron chi connectivity index (χ3n) is 5.20. The molecule has 1 atom stereocenters. The Labute approximate surface area is 177 Å². The molecule has 4 rings (SSSR count). The molecule has 1 aliphatic carbocycles. The molecule has 30 heavy (non-hydrogen) atoms. The van der Waals surface area contributed by atoms with Crippen LogP contribution >= 0.6 is 0 Å². The van der Waals surface area contributed by atoms with Gasteiger partial charge >= 0.3 is 0 Å². The molecule has 0 amide bonds. The van der Waals surface area contributed by atoms with Crippen LogP contribution in [0.1, 0.15) is 23.5 Å². The van der Waals surface area contributed by atoms with Crippen LogP contribution in [0.3, 0.4) is 0 Å². The molecule has 150 valence electrons. The highest BCUT2D eigenvalue weighted by Gasteiger charge is 2.25. The van der Waals surface area contributed by atoms with Crippen molar-refractivity contribution >= 4 is 15.4 Å². The van der Waals surface area contributed by atoms with Crippen LogP contribution in [-0.2, 0) is 9.84 Å². The van der Waals surface area contributed by atoms with Gasteiger partial charge in [0.1, 0.15) is 10.7 Å². The van der Waals surface area contributed by atoms with Gasteiger partial charge in [0.2, 0.25) is 9.84 Å². The largest absolute Gasteiger partial charge is 0.507 e. The molecular weight excluding hydrogens is 392 g/mol. The summed E-state index contributed by atoms with van der Waals surface area (Å²) in [6, 6.07) is 27.9. The van der Waals surface area contributed by atoms with Crippen LogP contribution in [0.4, 0.5) is 0 Å². The van der Waals surface area contributed by atoms with E-state index in [2.05, 4.69) is 0 Å². The van der Waals surface area contributed by atoms with E-state index in [1.807, 2.05) is 66.7 Å². The van der Waals surface area contributed by atoms with Gasteiger partial charge < -0.3 is 5.11 Å². The SMILES string of the molecule is O=S(=O)(C1=C(O)/C=C(/c2ccccc2)CC(c2ccccc2)/C=C\1)c1ccccc1. The molecule has 1 N–H and O–H groups in total. The average Bonchev–Trinajstić information content (AvgIpc) is 2.78. The summed E-state index contributed by atoms with van der Waals surface area (Å²) in [7, 11) is -3.86. The fraction of sp³-hybridized carbons (Fsp3) is 0.0769. The zero-order valence-corrected chi connectivity index (χ0v) is 17.2. The molecule has 0 saturated carbocycles. The smallest absolute Gasteiger partial charge is 0.210 e. The lowest BCUT2D eigenvalue weighted by molar-refractivity contribution is 0.430. The van der Waals surface area contributed by atoms with Crippen LogP contribution < -0.4 is 0 Å². The van der Waals surface area contributed by atoms with Gasteiger partial charge in [0, 0.05) is 5.92 Å². The number of benzene rings is 3. The van der Waals surface area contributed by atoms with Gasteiger partial charge in [0.25, 0.3) is 0 Å². The topological polar surface area (TPSA) is 54.4 Å². The third kappa shape index (κ3) is 4.14. The molecule has 0 saturated heterocycles. The fourth-order valence-electron chi connectivity index (χ4n) is 3.63. The van der Waals surface area contributed by atoms with Gasteiger partial charge in [0.15, 0.2) is 0 Å². The molecule has 3 aromatic rings. The molecule has 0 bridgehead atoms. The van der Waals surface area contributed by atoms with Crippen molar-refractivity contribution in [3.63, 3.8) is 0 Å². The van der Waals surface area contributed by atoms with E-state index in [-0.39, 0.29) is 21.5 Å². The highest BCUT2D eigenvalue weighted by molar-refractivity contribution is 7.95. The summed E-state index contributed by atoms with van der Waals surface area (Å²) in [4.78, 5) is 0.0606. The molecule has 0 fully saturated rings. The van der Waals surface area contributed by atoms with E-state index in [0.717, 1.165) is 16.7 Å². The van der Waals surface area contributed by atoms with Crippen LogP contribution in [0.15, 0.2) is 125 Å². The quantitative estimate of drug-likeness (QED) is 0.565. The van der Waals surface area contributed by atoms with Gasteiger partial charge in [-0.05, 0) is 47.4 Å². The second kappa shape index (κ2) is 8.56. The molecule has 0 spiro atoms. The van der Waals surface area contributed by atoms with Gasteiger partial charge in [-0.1, -0.05) is 84.9 Å². The molecule has 1 aliphatic rings. The minimum atomic E-state index is -3.86. The van der Waals surface area contributed by atoms with E-state index < -0.39 is 9.84 Å². The average molecular weight is 415 g/mol. The number of rotatable bonds is 4. The zero-order valence-electron chi connectivity index (χ0n) is 16.3. The Bertz CT molecular complexity index is 1210. The maximum atomic E-state index is 13.3. The standard InChI is InChI=1S/C26H22O3S/c27-25-19-23(21-12-6-2-7-13-21)18-22(20-10-4-1-5-11-20)16-17-26(25)30(28,29)24-14-8-3-9-15-24/h1-17,19,22,27H,18H2/b17-16-,23-19+,26-25-. The molecule has 1 unspecified atom stereocenters. The Morgan fingerprint density at radius 3 is 1.97 bits per heavy atom. The molecule has 3 nitrogen and oxygen atoms in total. The Morgan fingerprint density at radius 2 is 1.33 bits per heavy atom. The molecular formula is C26H22O3S. The normalized spacial score (nSPS) is 22.4. The summed E-state index contributed by atoms with van der Waals surface area (Å²) in [5.74, 6) is -0.271. The van der Waals surface area contributed by atoms with Crippen LogP contribution in [0.5, 0.6) is 0 Å². The van der Waals surface area contributed by atoms with Crippen molar-refractivity contribution in [2.45, 2.75) is 17.2 Å². The van der Waals surface area contributed by atoms with Gasteiger partial charge in [0.05, 0.1) is 4.90 Å². The molecule has 0 radical (unpaired) electrons. The van der Waals surface area contributed by atoms with Gasteiger partial charge in [-0.3, -0.25) is 0 Å². The molecule has 4 heteroatoms. The second-order valence-corrected chi connectivity index (χ2v) is 9.10. The van der Waals surface area contributed by atoms with Crippen molar-refractivity contribution < 1.29 is 13.5 Å². The first-order chi connectivity index (χ1) is 14.6. The number of aliphatic hydroxyl groups is 1. The zero-order chi connectivity index (χ0) is 21.0. The minimum absolute atomic E-state index is 0.0215. The molecule has 3 aromatic carbocycles. The summed E-state index contributed by atoms with van der Waals surface area (Å²) in [5, 5.41) is 10.8. The highest BCUT2D eigenvalue weighted by atomic mass is 32.2. The van der Waals surface area contributed by atoms with Crippen LogP contribution in [0.2, 0.25) is 0 Å². The summed E-state index contributed by atoms with van der Waals surface area (Å²) in [5.41, 5.74) is 2.93. The van der Waals surface area contributed by atoms with E-state index in [9.17, 15) is 13.5 Å². The van der Waals surface area contributed by atoms with Crippen molar-refractivity contribution in [1.29, 1.82) is 0 Å². The van der Waals surface area contributed by atoms with Crippen molar-refractivity contribution in [3.05, 3.63) is 131 Å². The number of hydrogen-bond donors (Lipinski definition) is 1. The summed E-state index contributed by atoms with van der Waals surface area (Å²) in [6.07, 6.45) is 5.64. The lowest BCUT2D eigenvalue weighted by Gasteiger charge is -2.19. The van der Waals surface area contributed by atoms with E-state index in [1.54, 1.807) is 36.4 Å². The highest BCUT2D eigenvalue weighted by Crippen LogP contribution is 2.35. The predicted octanol–water partition coefficient (Wildman–Crippen LogP) is 6.06. The van der Waals surface area contributed by atoms with Gasteiger partial charge in [-0.25, -0.2) is 8.42 Å². The summed E-state index contributed by atoms with van der Waals surface area (Å²) >= 11 is 0. The minimum Gasteiger partial charge on any atom is -0.507 e. The van der Waals surface area contributed by atoms with Crippen LogP contribution in [-0.4, -0.2) is 13.5 Å². The van der Waals surface area contributed by atoms with E-state index in [1.165, 1.54) is 6.08 Å². The Balaban J connectivity index is 1.88. The molecule has 0 aromatic heterocycles. The monoisotopic (exact) mass is 414 g/mol. The summed E-state index contributed by atoms with van der Waals surface area (Å²) < 4.78 is 26.5. The lowest BCUT2D eigenvalue weighted by Crippen LogP contribution is -2.08. The second-order valence-electron chi connectivity index (χ2n) is 7.18. The third-order valence-corrected chi connectivity index (χ3v) is 7.02. The van der Waals surface area contributed by atoms with Crippen molar-refractivity contribution in [1.82, 2.24) is 0 Å². The Kier molecular flexibility index (Phi) is 5.68. The molecule has 0 aliphatic heterocycles. The maximum absolute atomic E-state index is 13.3. The van der Waals surface area contributed by atoms with Gasteiger partial charge in [-0.2, -0.15) is 0 Å². The van der Waals surface area contributed by atoms with Crippen LogP contribution in [0, 0.1) is 0 Å². The van der Waals surface area contributed by atoms with Crippen molar-refractivity contribution in [2.75, 3.05) is 0 Å². The Hall–Kier alpha value is -3.37. The van der Waals surface area contributed by atoms with E-state index in [0.29, 0.717) is 6.42 Å². The fourth-order valence-corrected chi connectivity index (χ4v) is 4.99. The first-order valence-electron chi connectivity index (χ1n) is 9.78. The summed E-state index contributed by atoms with van der Waals surface area (Å²) in [6.45, 7) is 0. The number of aliphatic hydroxyl groups excluding tert-OH is 1. The number of hydrogen-bond acceptors (Lipinski definition) is 3. The first-order valence-corrected chi connectivity index (χ1v) is 11.3.